The number of carbonyl (C=O) groups is 2. The van der Waals surface area contributed by atoms with Crippen LogP contribution in [0.3, 0.4) is 0 Å². The zero-order valence-electron chi connectivity index (χ0n) is 18.2. The van der Waals surface area contributed by atoms with Crippen molar-refractivity contribution in [2.75, 3.05) is 25.2 Å². The van der Waals surface area contributed by atoms with Crippen molar-refractivity contribution in [2.24, 2.45) is 5.16 Å². The van der Waals surface area contributed by atoms with Crippen molar-refractivity contribution in [3.8, 4) is 0 Å². The van der Waals surface area contributed by atoms with Crippen LogP contribution in [-0.4, -0.2) is 69.4 Å². The molecule has 14 heteroatoms. The number of aromatic nitrogens is 1. The second-order valence-electron chi connectivity index (χ2n) is 7.49. The first kappa shape index (κ1) is 26.4. The number of anilines is 1. The second kappa shape index (κ2) is 11.5. The van der Waals surface area contributed by atoms with Gasteiger partial charge in [-0.2, -0.15) is 0 Å². The fourth-order valence-electron chi connectivity index (χ4n) is 3.97. The minimum Gasteiger partial charge on any atom is -0.863 e. The minimum atomic E-state index is -0.817. The normalized spacial score (nSPS) is 25.0. The summed E-state index contributed by atoms with van der Waals surface area (Å²) in [6, 6.07) is -0.817. The number of nitrogen functional groups attached to an aromatic ring is 1. The molecule has 33 heavy (non-hydrogen) atoms. The van der Waals surface area contributed by atoms with Crippen molar-refractivity contribution in [1.29, 1.82) is 0 Å². The van der Waals surface area contributed by atoms with Crippen LogP contribution in [-0.2, 0) is 19.2 Å². The number of amides is 2. The Labute approximate surface area is 226 Å². The molecule has 3 aliphatic heterocycles. The van der Waals surface area contributed by atoms with Crippen LogP contribution in [0.25, 0.3) is 0 Å². The smallest absolute Gasteiger partial charge is 0.863 e. The molecule has 1 aromatic heterocycles. The molecular formula is C19H22N5NaO5S3. The third kappa shape index (κ3) is 5.55. The number of hydrogen-bond acceptors (Lipinski definition) is 11. The number of hydrogen-bond donors (Lipinski definition) is 2. The molecule has 4 heterocycles. The first-order valence-corrected chi connectivity index (χ1v) is 12.4. The maximum atomic E-state index is 12.9. The van der Waals surface area contributed by atoms with E-state index in [0.717, 1.165) is 36.2 Å². The zero-order chi connectivity index (χ0) is 22.8. The molecule has 2 saturated heterocycles. The van der Waals surface area contributed by atoms with E-state index < -0.39 is 22.4 Å². The number of fused-ring (bicyclic) bond motifs is 1. The Morgan fingerprint density at radius 3 is 2.91 bits per heavy atom. The van der Waals surface area contributed by atoms with Gasteiger partial charge >= 0.3 is 29.6 Å². The van der Waals surface area contributed by atoms with Gasteiger partial charge in [-0.05, 0) is 36.3 Å². The fraction of sp³-hybridized carbons (Fsp3) is 0.526. The van der Waals surface area contributed by atoms with Crippen LogP contribution in [0.5, 0.6) is 0 Å². The molecule has 10 nitrogen and oxygen atoms in total. The Morgan fingerprint density at radius 2 is 2.30 bits per heavy atom. The Bertz CT molecular complexity index is 994. The summed E-state index contributed by atoms with van der Waals surface area (Å²) in [5, 5.41) is 19.5. The van der Waals surface area contributed by atoms with E-state index in [1.807, 2.05) is 0 Å². The minimum absolute atomic E-state index is 0. The molecule has 0 radical (unpaired) electrons. The summed E-state index contributed by atoms with van der Waals surface area (Å²) >= 11 is 7.59. The molecule has 1 aromatic rings. The monoisotopic (exact) mass is 519 g/mol. The first-order chi connectivity index (χ1) is 15.4. The summed E-state index contributed by atoms with van der Waals surface area (Å²) in [6.07, 6.45) is 3.65. The Kier molecular flexibility index (Phi) is 9.17. The van der Waals surface area contributed by atoms with Gasteiger partial charge in [0.05, 0.1) is 6.10 Å². The second-order valence-corrected chi connectivity index (χ2v) is 9.85. The van der Waals surface area contributed by atoms with E-state index in [1.165, 1.54) is 23.8 Å². The SMILES string of the molecule is CO/N=C(\C(=O)NC1C(=O)N2C(C([O-])=S)=C(CC3CCCCO3)CS[C@H]12)c1csc(N)n1.[Na+]. The summed E-state index contributed by atoms with van der Waals surface area (Å²) in [6.45, 7) is 0.706. The van der Waals surface area contributed by atoms with E-state index in [2.05, 4.69) is 15.5 Å². The molecule has 2 unspecified atom stereocenters. The van der Waals surface area contributed by atoms with Gasteiger partial charge in [0.2, 0.25) is 0 Å². The predicted octanol–water partition coefficient (Wildman–Crippen LogP) is -2.62. The van der Waals surface area contributed by atoms with E-state index >= 15 is 0 Å². The molecule has 2 fully saturated rings. The molecule has 3 atom stereocenters. The van der Waals surface area contributed by atoms with Gasteiger partial charge in [0.1, 0.15) is 24.2 Å². The van der Waals surface area contributed by atoms with Gasteiger partial charge in [0, 0.05) is 23.4 Å². The number of nitrogens with one attached hydrogen (secondary N) is 1. The Hall–Kier alpha value is -1.22. The summed E-state index contributed by atoms with van der Waals surface area (Å²) < 4.78 is 5.79. The molecule has 0 bridgehead atoms. The average molecular weight is 520 g/mol. The maximum Gasteiger partial charge on any atom is 1.00 e. The van der Waals surface area contributed by atoms with Crippen LogP contribution in [0.15, 0.2) is 21.8 Å². The van der Waals surface area contributed by atoms with Crippen molar-refractivity contribution in [1.82, 2.24) is 15.2 Å². The van der Waals surface area contributed by atoms with E-state index in [1.54, 1.807) is 5.38 Å². The quantitative estimate of drug-likeness (QED) is 0.130. The van der Waals surface area contributed by atoms with Crippen LogP contribution in [0, 0.1) is 0 Å². The zero-order valence-corrected chi connectivity index (χ0v) is 22.7. The van der Waals surface area contributed by atoms with Gasteiger partial charge < -0.3 is 25.7 Å². The van der Waals surface area contributed by atoms with Gasteiger partial charge in [0.15, 0.2) is 10.8 Å². The van der Waals surface area contributed by atoms with Crippen molar-refractivity contribution in [3.63, 3.8) is 0 Å². The Balaban J connectivity index is 0.00000306. The van der Waals surface area contributed by atoms with Crippen molar-refractivity contribution in [2.45, 2.75) is 43.2 Å². The molecule has 172 valence electrons. The van der Waals surface area contributed by atoms with Crippen LogP contribution in [0.4, 0.5) is 5.13 Å². The maximum absolute atomic E-state index is 12.9. The number of thiocarbonyl (C=S) groups is 1. The predicted molar refractivity (Wildman–Crippen MR) is 123 cm³/mol. The van der Waals surface area contributed by atoms with Crippen LogP contribution < -0.4 is 45.7 Å². The van der Waals surface area contributed by atoms with Gasteiger partial charge in [-0.25, -0.2) is 4.98 Å². The van der Waals surface area contributed by atoms with Crippen molar-refractivity contribution in [3.05, 3.63) is 22.3 Å². The Morgan fingerprint density at radius 1 is 1.52 bits per heavy atom. The van der Waals surface area contributed by atoms with Gasteiger partial charge in [0.25, 0.3) is 11.8 Å². The van der Waals surface area contributed by atoms with E-state index in [9.17, 15) is 14.7 Å². The van der Waals surface area contributed by atoms with Gasteiger partial charge in [-0.15, -0.1) is 23.1 Å². The van der Waals surface area contributed by atoms with Crippen LogP contribution in [0.2, 0.25) is 0 Å². The van der Waals surface area contributed by atoms with Crippen LogP contribution >= 0.6 is 35.3 Å². The fourth-order valence-corrected chi connectivity index (χ4v) is 6.13. The summed E-state index contributed by atoms with van der Waals surface area (Å²) in [5.74, 6) is -0.465. The summed E-state index contributed by atoms with van der Waals surface area (Å²) in [4.78, 5) is 36.0. The number of oxime groups is 1. The largest absolute Gasteiger partial charge is 1.00 e. The molecule has 0 aromatic carbocycles. The average Bonchev–Trinajstić information content (AvgIpc) is 3.21. The molecule has 2 amide bonds. The molecule has 0 spiro atoms. The van der Waals surface area contributed by atoms with Crippen LogP contribution in [0.1, 0.15) is 31.4 Å². The molecule has 3 N–H and O–H groups in total. The third-order valence-corrected chi connectivity index (χ3v) is 7.64. The van der Waals surface area contributed by atoms with Crippen molar-refractivity contribution < 1.29 is 53.8 Å². The molecular weight excluding hydrogens is 497 g/mol. The number of ether oxygens (including phenoxy) is 1. The van der Waals surface area contributed by atoms with E-state index in [0.29, 0.717) is 18.8 Å². The first-order valence-electron chi connectivity index (χ1n) is 10.0. The number of thiazole rings is 1. The third-order valence-electron chi connectivity index (χ3n) is 5.44. The standard InChI is InChI=1S/C19H23N5O5S3.Na/c1-28-23-12(11-8-32-19(20)21-11)15(25)22-13-16(26)24-14(18(27)30)9(7-31-17(13)24)6-10-4-2-3-5-29-10;/h8,10,13,17H,2-7H2,1H3,(H2,20,21)(H,22,25)(H,27,30);/q;+1/p-1/b23-12-;/t10?,13?,17-;/m1./s1. The summed E-state index contributed by atoms with van der Waals surface area (Å²) in [5.41, 5.74) is 6.90. The van der Waals surface area contributed by atoms with Gasteiger partial charge in [-0.3, -0.25) is 14.5 Å². The molecule has 0 saturated carbocycles. The molecule has 4 rings (SSSR count). The topological polar surface area (TPSA) is 142 Å². The van der Waals surface area contributed by atoms with E-state index in [4.69, 9.17) is 27.5 Å². The van der Waals surface area contributed by atoms with Crippen molar-refractivity contribution >= 4 is 63.0 Å². The number of thioether (sulfide) groups is 1. The van der Waals surface area contributed by atoms with E-state index in [-0.39, 0.29) is 63.8 Å². The van der Waals surface area contributed by atoms with Gasteiger partial charge in [-0.1, -0.05) is 17.4 Å². The number of rotatable bonds is 7. The molecule has 3 aliphatic rings. The molecule has 0 aliphatic carbocycles. The number of carbonyl (C=O) groups excluding carboxylic acids is 2. The number of nitrogens with zero attached hydrogens (tertiary/aromatic N) is 3. The number of β-lactam (4-membered cyclic amide) rings is 1. The summed E-state index contributed by atoms with van der Waals surface area (Å²) in [7, 11) is 1.31. The number of nitrogens with two attached hydrogens (primary N) is 1.